The molecule has 0 amide bonds. The predicted octanol–water partition coefficient (Wildman–Crippen LogP) is 4.27. The molecule has 0 aliphatic carbocycles. The topological polar surface area (TPSA) is 72.8 Å². The van der Waals surface area contributed by atoms with Gasteiger partial charge >= 0.3 is 0 Å². The van der Waals surface area contributed by atoms with E-state index < -0.39 is 16.2 Å². The van der Waals surface area contributed by atoms with Crippen LogP contribution in [0.4, 0.5) is 0 Å². The highest BCUT2D eigenvalue weighted by Crippen LogP contribution is 2.17. The lowest BCUT2D eigenvalue weighted by Crippen LogP contribution is -2.19. The standard InChI is InChI=1S/C24H26O5S/c1-19-7-15-24(16-8-19)30(26,27)29-18-22(25)12-9-20-10-13-23(14-11-20)28-17-21-5-3-2-4-6-21/h2-8,10-11,13-16,22,25H,9,12,17-18H2,1H3/t22-/m0/s1. The fourth-order valence-electron chi connectivity index (χ4n) is 2.85. The molecule has 0 saturated carbocycles. The van der Waals surface area contributed by atoms with Crippen LogP contribution in [0.25, 0.3) is 0 Å². The van der Waals surface area contributed by atoms with Crippen LogP contribution in [-0.4, -0.2) is 26.2 Å². The zero-order valence-electron chi connectivity index (χ0n) is 16.9. The summed E-state index contributed by atoms with van der Waals surface area (Å²) >= 11 is 0. The van der Waals surface area contributed by atoms with Crippen LogP contribution in [0.1, 0.15) is 23.1 Å². The Morgan fingerprint density at radius 2 is 1.53 bits per heavy atom. The molecule has 3 rings (SSSR count). The quantitative estimate of drug-likeness (QED) is 0.490. The van der Waals surface area contributed by atoms with Crippen molar-refractivity contribution in [1.82, 2.24) is 0 Å². The second-order valence-electron chi connectivity index (χ2n) is 7.16. The van der Waals surface area contributed by atoms with Crippen LogP contribution in [0.2, 0.25) is 0 Å². The molecular formula is C24H26O5S. The molecule has 0 saturated heterocycles. The van der Waals surface area contributed by atoms with Gasteiger partial charge in [-0.1, -0.05) is 60.2 Å². The van der Waals surface area contributed by atoms with Crippen molar-refractivity contribution in [2.45, 2.75) is 37.4 Å². The van der Waals surface area contributed by atoms with Crippen LogP contribution in [0, 0.1) is 6.92 Å². The van der Waals surface area contributed by atoms with Crippen molar-refractivity contribution in [2.24, 2.45) is 0 Å². The number of aliphatic hydroxyl groups is 1. The van der Waals surface area contributed by atoms with Crippen molar-refractivity contribution in [1.29, 1.82) is 0 Å². The van der Waals surface area contributed by atoms with Gasteiger partial charge in [-0.15, -0.1) is 0 Å². The number of ether oxygens (including phenoxy) is 1. The smallest absolute Gasteiger partial charge is 0.297 e. The fourth-order valence-corrected chi connectivity index (χ4v) is 3.79. The van der Waals surface area contributed by atoms with Crippen LogP contribution in [-0.2, 0) is 27.3 Å². The molecule has 3 aromatic carbocycles. The highest BCUT2D eigenvalue weighted by molar-refractivity contribution is 7.86. The van der Waals surface area contributed by atoms with Crippen molar-refractivity contribution >= 4 is 10.1 Å². The summed E-state index contributed by atoms with van der Waals surface area (Å²) in [6, 6.07) is 24.0. The lowest BCUT2D eigenvalue weighted by Gasteiger charge is -2.12. The Bertz CT molecular complexity index is 1010. The Hall–Kier alpha value is -2.67. The maximum atomic E-state index is 12.2. The van der Waals surface area contributed by atoms with E-state index in [0.29, 0.717) is 19.4 Å². The van der Waals surface area contributed by atoms with Gasteiger partial charge in [-0.25, -0.2) is 0 Å². The normalized spacial score (nSPS) is 12.5. The molecule has 0 aliphatic heterocycles. The Kier molecular flexibility index (Phi) is 7.63. The number of aliphatic hydroxyl groups excluding tert-OH is 1. The first-order chi connectivity index (χ1) is 14.4. The molecule has 5 nitrogen and oxygen atoms in total. The summed E-state index contributed by atoms with van der Waals surface area (Å²) in [4.78, 5) is 0.0893. The first kappa shape index (κ1) is 22.0. The lowest BCUT2D eigenvalue weighted by atomic mass is 10.1. The zero-order chi connectivity index (χ0) is 21.4. The minimum atomic E-state index is -3.87. The summed E-state index contributed by atoms with van der Waals surface area (Å²) in [5.41, 5.74) is 3.10. The molecule has 0 aromatic heterocycles. The third kappa shape index (κ3) is 6.69. The van der Waals surface area contributed by atoms with E-state index in [1.807, 2.05) is 61.5 Å². The third-order valence-corrected chi connectivity index (χ3v) is 5.96. The van der Waals surface area contributed by atoms with Gasteiger partial charge in [-0.3, -0.25) is 4.18 Å². The molecule has 0 aliphatic rings. The average molecular weight is 427 g/mol. The van der Waals surface area contributed by atoms with Gasteiger partial charge in [-0.2, -0.15) is 8.42 Å². The number of hydrogen-bond acceptors (Lipinski definition) is 5. The molecule has 30 heavy (non-hydrogen) atoms. The first-order valence-corrected chi connectivity index (χ1v) is 11.2. The van der Waals surface area contributed by atoms with E-state index in [-0.39, 0.29) is 11.5 Å². The van der Waals surface area contributed by atoms with Crippen molar-refractivity contribution in [3.63, 3.8) is 0 Å². The van der Waals surface area contributed by atoms with E-state index in [1.54, 1.807) is 12.1 Å². The molecule has 0 bridgehead atoms. The van der Waals surface area contributed by atoms with Crippen LogP contribution in [0.3, 0.4) is 0 Å². The van der Waals surface area contributed by atoms with Gasteiger partial charge < -0.3 is 9.84 Å². The second-order valence-corrected chi connectivity index (χ2v) is 8.78. The SMILES string of the molecule is Cc1ccc(S(=O)(=O)OC[C@@H](O)CCc2ccc(OCc3ccccc3)cc2)cc1. The summed E-state index contributed by atoms with van der Waals surface area (Å²) in [6.07, 6.45) is 0.126. The predicted molar refractivity (Wildman–Crippen MR) is 116 cm³/mol. The van der Waals surface area contributed by atoms with Gasteiger partial charge in [0.2, 0.25) is 0 Å². The maximum Gasteiger partial charge on any atom is 0.297 e. The van der Waals surface area contributed by atoms with E-state index in [4.69, 9.17) is 8.92 Å². The Morgan fingerprint density at radius 3 is 2.20 bits per heavy atom. The molecule has 0 radical (unpaired) electrons. The van der Waals surface area contributed by atoms with Crippen LogP contribution >= 0.6 is 0 Å². The Morgan fingerprint density at radius 1 is 0.867 bits per heavy atom. The van der Waals surface area contributed by atoms with Gasteiger partial charge in [0.15, 0.2) is 0 Å². The van der Waals surface area contributed by atoms with Gasteiger partial charge in [0.25, 0.3) is 10.1 Å². The molecule has 0 fully saturated rings. The Balaban J connectivity index is 1.43. The van der Waals surface area contributed by atoms with E-state index in [9.17, 15) is 13.5 Å². The number of benzene rings is 3. The highest BCUT2D eigenvalue weighted by Gasteiger charge is 2.17. The molecule has 1 atom stereocenters. The first-order valence-electron chi connectivity index (χ1n) is 9.82. The molecule has 6 heteroatoms. The monoisotopic (exact) mass is 426 g/mol. The van der Waals surface area contributed by atoms with Gasteiger partial charge in [0.1, 0.15) is 12.4 Å². The van der Waals surface area contributed by atoms with Gasteiger partial charge in [0.05, 0.1) is 17.6 Å². The van der Waals surface area contributed by atoms with E-state index in [2.05, 4.69) is 0 Å². The zero-order valence-corrected chi connectivity index (χ0v) is 17.7. The Labute approximate surface area is 178 Å². The molecule has 0 spiro atoms. The largest absolute Gasteiger partial charge is 0.489 e. The van der Waals surface area contributed by atoms with Gasteiger partial charge in [-0.05, 0) is 55.2 Å². The molecule has 158 valence electrons. The number of aryl methyl sites for hydroxylation is 2. The lowest BCUT2D eigenvalue weighted by molar-refractivity contribution is 0.103. The minimum absolute atomic E-state index is 0.0893. The summed E-state index contributed by atoms with van der Waals surface area (Å²) in [6.45, 7) is 2.11. The second kappa shape index (κ2) is 10.4. The molecular weight excluding hydrogens is 400 g/mol. The molecule has 3 aromatic rings. The van der Waals surface area contributed by atoms with Crippen LogP contribution < -0.4 is 4.74 Å². The van der Waals surface area contributed by atoms with Crippen molar-refractivity contribution in [3.05, 3.63) is 95.6 Å². The summed E-state index contributed by atoms with van der Waals surface area (Å²) < 4.78 is 35.1. The maximum absolute atomic E-state index is 12.2. The van der Waals surface area contributed by atoms with E-state index in [0.717, 1.165) is 22.4 Å². The molecule has 0 unspecified atom stereocenters. The van der Waals surface area contributed by atoms with Crippen molar-refractivity contribution in [2.75, 3.05) is 6.61 Å². The number of rotatable bonds is 10. The third-order valence-electron chi connectivity index (χ3n) is 4.66. The molecule has 0 heterocycles. The molecule has 1 N–H and O–H groups in total. The summed E-state index contributed by atoms with van der Waals surface area (Å²) in [5, 5.41) is 10.1. The summed E-state index contributed by atoms with van der Waals surface area (Å²) in [7, 11) is -3.87. The summed E-state index contributed by atoms with van der Waals surface area (Å²) in [5.74, 6) is 0.774. The number of hydrogen-bond donors (Lipinski definition) is 1. The van der Waals surface area contributed by atoms with Crippen molar-refractivity contribution < 1.29 is 22.4 Å². The minimum Gasteiger partial charge on any atom is -0.489 e. The van der Waals surface area contributed by atoms with E-state index >= 15 is 0 Å². The van der Waals surface area contributed by atoms with Gasteiger partial charge in [0, 0.05) is 0 Å². The van der Waals surface area contributed by atoms with Crippen LogP contribution in [0.5, 0.6) is 5.75 Å². The fraction of sp³-hybridized carbons (Fsp3) is 0.250. The highest BCUT2D eigenvalue weighted by atomic mass is 32.2. The average Bonchev–Trinajstić information content (AvgIpc) is 2.76. The van der Waals surface area contributed by atoms with E-state index in [1.165, 1.54) is 12.1 Å². The van der Waals surface area contributed by atoms with Crippen molar-refractivity contribution in [3.8, 4) is 5.75 Å². The van der Waals surface area contributed by atoms with Crippen LogP contribution in [0.15, 0.2) is 83.8 Å².